The molecule has 3 heterocycles. The second kappa shape index (κ2) is 17.9. The van der Waals surface area contributed by atoms with Crippen molar-refractivity contribution in [1.29, 1.82) is 0 Å². The number of amides is 1. The molecule has 1 aliphatic heterocycles. The molecule has 2 aromatic heterocycles. The molecule has 3 aromatic rings. The van der Waals surface area contributed by atoms with Crippen LogP contribution in [0.3, 0.4) is 0 Å². The van der Waals surface area contributed by atoms with Gasteiger partial charge in [-0.1, -0.05) is 18.2 Å². The summed E-state index contributed by atoms with van der Waals surface area (Å²) in [6.45, 7) is 4.40. The van der Waals surface area contributed by atoms with Crippen LogP contribution in [0, 0.1) is 0 Å². The number of rotatable bonds is 17. The number of carbonyl (C=O) groups excluding carboxylic acids is 2. The third-order valence-corrected chi connectivity index (χ3v) is 8.56. The molecule has 2 atom stereocenters. The van der Waals surface area contributed by atoms with E-state index in [1.807, 2.05) is 24.5 Å². The van der Waals surface area contributed by atoms with Crippen LogP contribution in [0.15, 0.2) is 73.8 Å². The van der Waals surface area contributed by atoms with E-state index in [4.69, 9.17) is 18.9 Å². The summed E-state index contributed by atoms with van der Waals surface area (Å²) in [5, 5.41) is 0. The van der Waals surface area contributed by atoms with Gasteiger partial charge in [-0.25, -0.2) is 4.79 Å². The van der Waals surface area contributed by atoms with Crippen LogP contribution in [0.1, 0.15) is 74.0 Å². The molecule has 0 saturated carbocycles. The van der Waals surface area contributed by atoms with Gasteiger partial charge in [0.15, 0.2) is 11.5 Å². The Bertz CT molecular complexity index is 1330. The lowest BCUT2D eigenvalue weighted by molar-refractivity contribution is -0.162. The van der Waals surface area contributed by atoms with Gasteiger partial charge in [0.2, 0.25) is 11.7 Å². The van der Waals surface area contributed by atoms with Gasteiger partial charge in [-0.15, -0.1) is 6.58 Å². The van der Waals surface area contributed by atoms with Crippen LogP contribution in [0.25, 0.3) is 0 Å². The van der Waals surface area contributed by atoms with E-state index in [0.717, 1.165) is 62.5 Å². The van der Waals surface area contributed by atoms with Gasteiger partial charge in [0.25, 0.3) is 0 Å². The molecule has 9 heteroatoms. The Morgan fingerprint density at radius 1 is 0.935 bits per heavy atom. The van der Waals surface area contributed by atoms with Gasteiger partial charge in [0.05, 0.1) is 27.2 Å². The summed E-state index contributed by atoms with van der Waals surface area (Å²) in [6, 6.07) is 11.0. The molecular weight excluding hydrogens is 582 g/mol. The van der Waals surface area contributed by atoms with Crippen LogP contribution in [-0.2, 0) is 27.2 Å². The van der Waals surface area contributed by atoms with Crippen LogP contribution in [-0.4, -0.2) is 66.8 Å². The van der Waals surface area contributed by atoms with Crippen molar-refractivity contribution in [2.45, 2.75) is 82.3 Å². The lowest BCUT2D eigenvalue weighted by atomic mass is 9.91. The van der Waals surface area contributed by atoms with Crippen LogP contribution >= 0.6 is 0 Å². The number of benzene rings is 1. The number of ether oxygens (including phenoxy) is 4. The zero-order valence-corrected chi connectivity index (χ0v) is 27.4. The highest BCUT2D eigenvalue weighted by molar-refractivity contribution is 5.89. The highest BCUT2D eigenvalue weighted by Crippen LogP contribution is 2.41. The fourth-order valence-electron chi connectivity index (χ4n) is 6.15. The first-order chi connectivity index (χ1) is 22.5. The lowest BCUT2D eigenvalue weighted by Crippen LogP contribution is -2.50. The highest BCUT2D eigenvalue weighted by Gasteiger charge is 2.38. The average Bonchev–Trinajstić information content (AvgIpc) is 3.10. The quantitative estimate of drug-likeness (QED) is 0.123. The molecule has 1 amide bonds. The summed E-state index contributed by atoms with van der Waals surface area (Å²) in [5.41, 5.74) is 3.03. The molecule has 1 fully saturated rings. The molecule has 246 valence electrons. The van der Waals surface area contributed by atoms with Crippen molar-refractivity contribution in [3.63, 3.8) is 0 Å². The second-order valence-corrected chi connectivity index (χ2v) is 11.6. The molecule has 9 nitrogen and oxygen atoms in total. The molecule has 46 heavy (non-hydrogen) atoms. The Balaban J connectivity index is 1.50. The molecule has 0 radical (unpaired) electrons. The van der Waals surface area contributed by atoms with Gasteiger partial charge >= 0.3 is 5.97 Å². The number of methoxy groups -OCH3 is 3. The van der Waals surface area contributed by atoms with E-state index in [0.29, 0.717) is 42.2 Å². The van der Waals surface area contributed by atoms with E-state index >= 15 is 0 Å². The second-order valence-electron chi connectivity index (χ2n) is 11.6. The number of allylic oxidation sites excluding steroid dienone is 1. The third-order valence-electron chi connectivity index (χ3n) is 8.56. The van der Waals surface area contributed by atoms with Gasteiger partial charge < -0.3 is 23.8 Å². The topological polar surface area (TPSA) is 100 Å². The van der Waals surface area contributed by atoms with Crippen molar-refractivity contribution in [3.8, 4) is 17.2 Å². The Hall–Kier alpha value is -4.40. The number of nitrogens with zero attached hydrogens (tertiary/aromatic N) is 3. The number of hydrogen-bond donors (Lipinski definition) is 0. The van der Waals surface area contributed by atoms with Crippen molar-refractivity contribution < 1.29 is 28.5 Å². The van der Waals surface area contributed by atoms with Crippen molar-refractivity contribution >= 4 is 11.9 Å². The maximum atomic E-state index is 14.2. The fraction of sp³-hybridized carbons (Fsp3) is 0.459. The number of aryl methyl sites for hydroxylation is 2. The lowest BCUT2D eigenvalue weighted by Gasteiger charge is -2.37. The van der Waals surface area contributed by atoms with Gasteiger partial charge in [-0.3, -0.25) is 14.8 Å². The molecule has 0 aliphatic carbocycles. The van der Waals surface area contributed by atoms with Crippen LogP contribution in [0.4, 0.5) is 0 Å². The van der Waals surface area contributed by atoms with E-state index < -0.39 is 12.0 Å². The van der Waals surface area contributed by atoms with Crippen molar-refractivity contribution in [2.75, 3.05) is 27.9 Å². The predicted molar refractivity (Wildman–Crippen MR) is 177 cm³/mol. The molecule has 4 rings (SSSR count). The SMILES string of the molecule is C=CCC(C(=O)N1CCCCC1C(=O)OC(CCCc1cccnc1)CCCc1cccnc1)c1cc(OC)c(OC)c(OC)c1. The molecule has 0 bridgehead atoms. The minimum absolute atomic E-state index is 0.138. The van der Waals surface area contributed by atoms with Crippen molar-refractivity contribution in [1.82, 2.24) is 14.9 Å². The number of likely N-dealkylation sites (tertiary alicyclic amines) is 1. The smallest absolute Gasteiger partial charge is 0.329 e. The van der Waals surface area contributed by atoms with E-state index in [1.165, 1.54) is 0 Å². The zero-order chi connectivity index (χ0) is 32.7. The van der Waals surface area contributed by atoms with Crippen molar-refractivity contribution in [2.24, 2.45) is 0 Å². The minimum atomic E-state index is -0.644. The predicted octanol–water partition coefficient (Wildman–Crippen LogP) is 6.50. The summed E-state index contributed by atoms with van der Waals surface area (Å²) < 4.78 is 22.9. The Morgan fingerprint density at radius 3 is 2.04 bits per heavy atom. The number of carbonyl (C=O) groups is 2. The van der Waals surface area contributed by atoms with Gasteiger partial charge in [-0.05, 0) is 105 Å². The molecule has 1 aliphatic rings. The number of esters is 1. The summed E-state index contributed by atoms with van der Waals surface area (Å²) >= 11 is 0. The zero-order valence-electron chi connectivity index (χ0n) is 27.4. The molecule has 0 N–H and O–H groups in total. The third kappa shape index (κ3) is 9.31. The summed E-state index contributed by atoms with van der Waals surface area (Å²) in [6.07, 6.45) is 16.3. The normalized spacial score (nSPS) is 15.2. The number of hydrogen-bond acceptors (Lipinski definition) is 8. The van der Waals surface area contributed by atoms with E-state index in [9.17, 15) is 9.59 Å². The molecule has 0 spiro atoms. The van der Waals surface area contributed by atoms with Gasteiger partial charge in [0, 0.05) is 31.3 Å². The van der Waals surface area contributed by atoms with Crippen LogP contribution < -0.4 is 14.2 Å². The maximum Gasteiger partial charge on any atom is 0.329 e. The number of piperidine rings is 1. The maximum absolute atomic E-state index is 14.2. The summed E-state index contributed by atoms with van der Waals surface area (Å²) in [4.78, 5) is 38.3. The van der Waals surface area contributed by atoms with Gasteiger partial charge in [-0.2, -0.15) is 0 Å². The molecule has 1 saturated heterocycles. The average molecular weight is 630 g/mol. The Morgan fingerprint density at radius 2 is 1.54 bits per heavy atom. The minimum Gasteiger partial charge on any atom is -0.493 e. The summed E-state index contributed by atoms with van der Waals surface area (Å²) in [7, 11) is 4.64. The fourth-order valence-corrected chi connectivity index (χ4v) is 6.15. The first-order valence-corrected chi connectivity index (χ1v) is 16.2. The monoisotopic (exact) mass is 629 g/mol. The number of pyridine rings is 2. The number of aromatic nitrogens is 2. The van der Waals surface area contributed by atoms with E-state index in [1.54, 1.807) is 56.8 Å². The standard InChI is InChI=1S/C37H47N3O6/c1-5-12-31(29-23-33(43-2)35(45-4)34(24-29)44-3)36(41)40-22-7-6-19-32(40)37(42)46-30(17-8-13-27-15-10-20-38-25-27)18-9-14-28-16-11-21-39-26-28/h5,10-11,15-16,20-21,23-26,30-32H,1,6-9,12-14,17-19,22H2,2-4H3. The highest BCUT2D eigenvalue weighted by atomic mass is 16.5. The molecule has 1 aromatic carbocycles. The van der Waals surface area contributed by atoms with E-state index in [-0.39, 0.29) is 18.0 Å². The first kappa shape index (κ1) is 34.5. The van der Waals surface area contributed by atoms with Crippen LogP contribution in [0.5, 0.6) is 17.2 Å². The Labute approximate surface area is 272 Å². The molecule has 2 unspecified atom stereocenters. The first-order valence-electron chi connectivity index (χ1n) is 16.2. The van der Waals surface area contributed by atoms with E-state index in [2.05, 4.69) is 28.7 Å². The van der Waals surface area contributed by atoms with Gasteiger partial charge in [0.1, 0.15) is 12.1 Å². The largest absolute Gasteiger partial charge is 0.493 e. The summed E-state index contributed by atoms with van der Waals surface area (Å²) in [5.74, 6) is 0.344. The Kier molecular flexibility index (Phi) is 13.4. The van der Waals surface area contributed by atoms with Crippen molar-refractivity contribution in [3.05, 3.63) is 90.5 Å². The van der Waals surface area contributed by atoms with Crippen LogP contribution in [0.2, 0.25) is 0 Å². The molecular formula is C37H47N3O6.